The molecule has 0 bridgehead atoms. The van der Waals surface area contributed by atoms with Crippen LogP contribution in [0.4, 0.5) is 13.2 Å². The predicted molar refractivity (Wildman–Crippen MR) is 45.1 cm³/mol. The van der Waals surface area contributed by atoms with E-state index in [4.69, 9.17) is 4.74 Å². The minimum atomic E-state index is -4.30. The van der Waals surface area contributed by atoms with Crippen LogP contribution in [0.5, 0.6) is 5.75 Å². The number of hydrogen-bond acceptors (Lipinski definition) is 2. The highest BCUT2D eigenvalue weighted by Crippen LogP contribution is 2.38. The van der Waals surface area contributed by atoms with Crippen LogP contribution in [0.3, 0.4) is 0 Å². The van der Waals surface area contributed by atoms with Gasteiger partial charge in [-0.2, -0.15) is 13.2 Å². The Morgan fingerprint density at radius 1 is 1.38 bits per heavy atom. The molecule has 0 fully saturated rings. The molecule has 1 aromatic heterocycles. The zero-order chi connectivity index (χ0) is 9.90. The van der Waals surface area contributed by atoms with E-state index < -0.39 is 11.7 Å². The van der Waals surface area contributed by atoms with Gasteiger partial charge in [-0.05, 0) is 6.42 Å². The molecule has 0 saturated heterocycles. The van der Waals surface area contributed by atoms with E-state index >= 15 is 0 Å². The van der Waals surface area contributed by atoms with Crippen LogP contribution in [0, 0.1) is 0 Å². The average molecular weight is 210 g/mol. The van der Waals surface area contributed by atoms with Gasteiger partial charge in [-0.1, -0.05) is 6.92 Å². The molecule has 1 heterocycles. The van der Waals surface area contributed by atoms with Gasteiger partial charge in [0.2, 0.25) is 0 Å². The Bertz CT molecular complexity index is 267. The fourth-order valence-electron chi connectivity index (χ4n) is 0.816. The number of halogens is 3. The van der Waals surface area contributed by atoms with Gasteiger partial charge in [-0.25, -0.2) is 0 Å². The van der Waals surface area contributed by atoms with Crippen molar-refractivity contribution in [2.75, 3.05) is 6.61 Å². The van der Waals surface area contributed by atoms with E-state index in [0.717, 1.165) is 16.7 Å². The van der Waals surface area contributed by atoms with Crippen molar-refractivity contribution in [2.45, 2.75) is 19.5 Å². The van der Waals surface area contributed by atoms with Crippen LogP contribution in [0.25, 0.3) is 0 Å². The Kier molecular flexibility index (Phi) is 3.19. The molecule has 5 heteroatoms. The fraction of sp³-hybridized carbons (Fsp3) is 0.500. The molecule has 74 valence electrons. The highest BCUT2D eigenvalue weighted by Gasteiger charge is 2.34. The summed E-state index contributed by atoms with van der Waals surface area (Å²) in [4.78, 5) is 0. The van der Waals surface area contributed by atoms with Crippen LogP contribution in [-0.4, -0.2) is 6.61 Å². The third-order valence-corrected chi connectivity index (χ3v) is 2.12. The molecule has 0 aliphatic carbocycles. The summed E-state index contributed by atoms with van der Waals surface area (Å²) in [6.07, 6.45) is -3.60. The Balaban J connectivity index is 2.77. The van der Waals surface area contributed by atoms with Crippen LogP contribution in [0.1, 0.15) is 18.9 Å². The van der Waals surface area contributed by atoms with Gasteiger partial charge < -0.3 is 4.74 Å². The van der Waals surface area contributed by atoms with Gasteiger partial charge >= 0.3 is 6.18 Å². The summed E-state index contributed by atoms with van der Waals surface area (Å²) >= 11 is 0.999. The molecule has 13 heavy (non-hydrogen) atoms. The minimum Gasteiger partial charge on any atom is -0.492 e. The zero-order valence-corrected chi connectivity index (χ0v) is 7.84. The monoisotopic (exact) mass is 210 g/mol. The Labute approximate surface area is 78.1 Å². The van der Waals surface area contributed by atoms with Crippen molar-refractivity contribution in [1.82, 2.24) is 0 Å². The molecule has 0 spiro atoms. The van der Waals surface area contributed by atoms with Crippen molar-refractivity contribution >= 4 is 11.3 Å². The van der Waals surface area contributed by atoms with Crippen LogP contribution >= 0.6 is 11.3 Å². The molecule has 0 N–H and O–H groups in total. The summed E-state index contributed by atoms with van der Waals surface area (Å²) in [6.45, 7) is 2.17. The van der Waals surface area contributed by atoms with Gasteiger partial charge in [0, 0.05) is 10.8 Å². The maximum Gasteiger partial charge on any atom is 0.420 e. The van der Waals surface area contributed by atoms with E-state index in [2.05, 4.69) is 0 Å². The molecule has 0 radical (unpaired) electrons. The Morgan fingerprint density at radius 3 is 2.62 bits per heavy atom. The zero-order valence-electron chi connectivity index (χ0n) is 7.02. The van der Waals surface area contributed by atoms with Crippen LogP contribution in [0.15, 0.2) is 10.8 Å². The minimum absolute atomic E-state index is 0.0562. The number of hydrogen-bond donors (Lipinski definition) is 0. The summed E-state index contributed by atoms with van der Waals surface area (Å²) in [7, 11) is 0. The number of thiophene rings is 1. The van der Waals surface area contributed by atoms with Crippen molar-refractivity contribution < 1.29 is 17.9 Å². The van der Waals surface area contributed by atoms with Gasteiger partial charge in [0.1, 0.15) is 11.3 Å². The number of ether oxygens (including phenoxy) is 1. The van der Waals surface area contributed by atoms with Gasteiger partial charge in [-0.3, -0.25) is 0 Å². The molecule has 0 saturated carbocycles. The van der Waals surface area contributed by atoms with E-state index in [1.54, 1.807) is 0 Å². The van der Waals surface area contributed by atoms with E-state index in [-0.39, 0.29) is 5.75 Å². The molecular formula is C8H9F3OS. The summed E-state index contributed by atoms with van der Waals surface area (Å²) in [5.74, 6) is -0.0562. The summed E-state index contributed by atoms with van der Waals surface area (Å²) in [5, 5.41) is 2.43. The van der Waals surface area contributed by atoms with E-state index in [0.29, 0.717) is 13.0 Å². The molecule has 1 nitrogen and oxygen atoms in total. The highest BCUT2D eigenvalue weighted by atomic mass is 32.1. The van der Waals surface area contributed by atoms with E-state index in [9.17, 15) is 13.2 Å². The first-order chi connectivity index (χ1) is 6.05. The van der Waals surface area contributed by atoms with Gasteiger partial charge in [0.25, 0.3) is 0 Å². The maximum absolute atomic E-state index is 12.2. The quantitative estimate of drug-likeness (QED) is 0.741. The lowest BCUT2D eigenvalue weighted by molar-refractivity contribution is -0.138. The first-order valence-electron chi connectivity index (χ1n) is 3.82. The molecule has 0 unspecified atom stereocenters. The number of rotatable bonds is 3. The molecule has 1 rings (SSSR count). The van der Waals surface area contributed by atoms with Gasteiger partial charge in [-0.15, -0.1) is 11.3 Å². The fourth-order valence-corrected chi connectivity index (χ4v) is 1.59. The van der Waals surface area contributed by atoms with Crippen LogP contribution in [-0.2, 0) is 6.18 Å². The standard InChI is InChI=1S/C8H9F3OS/c1-2-3-12-7-5-13-4-6(7)8(9,10)11/h4-5H,2-3H2,1H3. The Morgan fingerprint density at radius 2 is 2.08 bits per heavy atom. The second-order valence-electron chi connectivity index (χ2n) is 2.50. The second kappa shape index (κ2) is 4.00. The number of alkyl halides is 3. The van der Waals surface area contributed by atoms with Crippen molar-refractivity contribution in [2.24, 2.45) is 0 Å². The van der Waals surface area contributed by atoms with E-state index in [1.807, 2.05) is 6.92 Å². The lowest BCUT2D eigenvalue weighted by atomic mass is 10.3. The third-order valence-electron chi connectivity index (χ3n) is 1.39. The molecule has 0 aliphatic heterocycles. The first kappa shape index (κ1) is 10.4. The predicted octanol–water partition coefficient (Wildman–Crippen LogP) is 3.56. The maximum atomic E-state index is 12.2. The lowest BCUT2D eigenvalue weighted by Gasteiger charge is -2.08. The normalized spacial score (nSPS) is 11.7. The SMILES string of the molecule is CCCOc1cscc1C(F)(F)F. The summed E-state index contributed by atoms with van der Waals surface area (Å²) in [5.41, 5.74) is -0.675. The molecule has 1 aromatic rings. The smallest absolute Gasteiger partial charge is 0.420 e. The van der Waals surface area contributed by atoms with Gasteiger partial charge in [0.15, 0.2) is 0 Å². The largest absolute Gasteiger partial charge is 0.492 e. The van der Waals surface area contributed by atoms with Gasteiger partial charge in [0.05, 0.1) is 6.61 Å². The van der Waals surface area contributed by atoms with Crippen molar-refractivity contribution in [3.63, 3.8) is 0 Å². The van der Waals surface area contributed by atoms with Crippen molar-refractivity contribution in [1.29, 1.82) is 0 Å². The molecule has 0 aliphatic rings. The second-order valence-corrected chi connectivity index (χ2v) is 3.24. The topological polar surface area (TPSA) is 9.23 Å². The van der Waals surface area contributed by atoms with E-state index in [1.165, 1.54) is 5.38 Å². The molecular weight excluding hydrogens is 201 g/mol. The van der Waals surface area contributed by atoms with Crippen LogP contribution in [0.2, 0.25) is 0 Å². The Hall–Kier alpha value is -0.710. The molecule has 0 amide bonds. The van der Waals surface area contributed by atoms with Crippen molar-refractivity contribution in [3.8, 4) is 5.75 Å². The highest BCUT2D eigenvalue weighted by molar-refractivity contribution is 7.08. The summed E-state index contributed by atoms with van der Waals surface area (Å²) < 4.78 is 41.7. The lowest BCUT2D eigenvalue weighted by Crippen LogP contribution is -2.06. The molecule has 0 aromatic carbocycles. The summed E-state index contributed by atoms with van der Waals surface area (Å²) in [6, 6.07) is 0. The molecule has 0 atom stereocenters. The average Bonchev–Trinajstić information content (AvgIpc) is 2.47. The first-order valence-corrected chi connectivity index (χ1v) is 4.76. The third kappa shape index (κ3) is 2.62. The van der Waals surface area contributed by atoms with Crippen LogP contribution < -0.4 is 4.74 Å². The van der Waals surface area contributed by atoms with Crippen molar-refractivity contribution in [3.05, 3.63) is 16.3 Å².